The number of fused-ring (bicyclic) bond motifs is 1. The predicted molar refractivity (Wildman–Crippen MR) is 117 cm³/mol. The van der Waals surface area contributed by atoms with E-state index in [-0.39, 0.29) is 12.0 Å². The number of carbonyl (C=O) groups excluding carboxylic acids is 1. The summed E-state index contributed by atoms with van der Waals surface area (Å²) < 4.78 is 16.1. The number of hydrogen-bond acceptors (Lipinski definition) is 5. The van der Waals surface area contributed by atoms with E-state index < -0.39 is 0 Å². The second-order valence-corrected chi connectivity index (χ2v) is 7.19. The average Bonchev–Trinajstić information content (AvgIpc) is 2.74. The van der Waals surface area contributed by atoms with Gasteiger partial charge in [-0.3, -0.25) is 4.79 Å². The van der Waals surface area contributed by atoms with Crippen LogP contribution >= 0.6 is 0 Å². The molecule has 0 bridgehead atoms. The third-order valence-corrected chi connectivity index (χ3v) is 4.75. The van der Waals surface area contributed by atoms with Crippen molar-refractivity contribution >= 4 is 16.7 Å². The van der Waals surface area contributed by atoms with Crippen LogP contribution in [0.5, 0.6) is 5.75 Å². The molecule has 1 atom stereocenters. The van der Waals surface area contributed by atoms with Crippen molar-refractivity contribution in [1.82, 2.24) is 5.32 Å². The summed E-state index contributed by atoms with van der Waals surface area (Å²) in [5.41, 5.74) is 1.19. The number of unbranched alkanes of at least 4 members (excludes halogenated alkanes) is 2. The van der Waals surface area contributed by atoms with Gasteiger partial charge in [0.1, 0.15) is 12.4 Å². The molecule has 158 valence electrons. The topological polar surface area (TPSA) is 56.8 Å². The van der Waals surface area contributed by atoms with E-state index in [4.69, 9.17) is 14.2 Å². The molecule has 0 heterocycles. The Morgan fingerprint density at radius 3 is 2.69 bits per heavy atom. The lowest BCUT2D eigenvalue weighted by Gasteiger charge is -2.16. The number of methoxy groups -OCH3 is 2. The highest BCUT2D eigenvalue weighted by Crippen LogP contribution is 2.25. The molecule has 0 aliphatic heterocycles. The minimum absolute atomic E-state index is 0.149. The standard InChI is InChI=1S/C24H33NO4/c1-19(17-27-2)25-16-20(10-5-4-6-15-24(26)28-3)18-29-23-14-9-12-21-11-7-8-13-22(21)23/h7-14,19,25H,4-6,15-18H2,1-3H3. The van der Waals surface area contributed by atoms with E-state index in [1.54, 1.807) is 7.11 Å². The Hall–Kier alpha value is -2.37. The van der Waals surface area contributed by atoms with Gasteiger partial charge in [0, 0.05) is 31.5 Å². The zero-order valence-electron chi connectivity index (χ0n) is 17.8. The van der Waals surface area contributed by atoms with Crippen LogP contribution in [0.25, 0.3) is 10.8 Å². The van der Waals surface area contributed by atoms with E-state index in [1.807, 2.05) is 24.3 Å². The highest BCUT2D eigenvalue weighted by Gasteiger charge is 2.06. The molecule has 29 heavy (non-hydrogen) atoms. The lowest BCUT2D eigenvalue weighted by Crippen LogP contribution is -2.32. The summed E-state index contributed by atoms with van der Waals surface area (Å²) in [5.74, 6) is 0.744. The molecule has 0 aliphatic rings. The fourth-order valence-electron chi connectivity index (χ4n) is 3.11. The van der Waals surface area contributed by atoms with Gasteiger partial charge in [-0.05, 0) is 43.2 Å². The van der Waals surface area contributed by atoms with Gasteiger partial charge in [-0.15, -0.1) is 0 Å². The largest absolute Gasteiger partial charge is 0.489 e. The van der Waals surface area contributed by atoms with E-state index in [0.717, 1.165) is 36.9 Å². The molecule has 0 amide bonds. The van der Waals surface area contributed by atoms with Crippen molar-refractivity contribution in [2.45, 2.75) is 38.6 Å². The Kier molecular flexibility index (Phi) is 10.2. The first-order chi connectivity index (χ1) is 14.1. The normalized spacial score (nSPS) is 12.7. The van der Waals surface area contributed by atoms with Crippen molar-refractivity contribution in [3.63, 3.8) is 0 Å². The third-order valence-electron chi connectivity index (χ3n) is 4.75. The van der Waals surface area contributed by atoms with Crippen molar-refractivity contribution in [3.8, 4) is 5.75 Å². The summed E-state index contributed by atoms with van der Waals surface area (Å²) in [6, 6.07) is 14.6. The zero-order chi connectivity index (χ0) is 20.9. The summed E-state index contributed by atoms with van der Waals surface area (Å²) in [4.78, 5) is 11.2. The monoisotopic (exact) mass is 399 g/mol. The molecule has 5 nitrogen and oxygen atoms in total. The first kappa shape index (κ1) is 22.9. The SMILES string of the molecule is COCC(C)NCC(=CCCCCC(=O)OC)COc1cccc2ccccc12. The number of allylic oxidation sites excluding steroid dienone is 1. The third kappa shape index (κ3) is 8.26. The summed E-state index contributed by atoms with van der Waals surface area (Å²) >= 11 is 0. The molecule has 1 N–H and O–H groups in total. The van der Waals surface area contributed by atoms with Gasteiger partial charge in [0.05, 0.1) is 13.7 Å². The number of nitrogens with one attached hydrogen (secondary N) is 1. The number of carbonyl (C=O) groups is 1. The van der Waals surface area contributed by atoms with E-state index in [9.17, 15) is 4.79 Å². The number of ether oxygens (including phenoxy) is 3. The van der Waals surface area contributed by atoms with Gasteiger partial charge in [-0.2, -0.15) is 0 Å². The maximum Gasteiger partial charge on any atom is 0.305 e. The molecule has 0 aliphatic carbocycles. The van der Waals surface area contributed by atoms with Gasteiger partial charge in [-0.1, -0.05) is 42.5 Å². The van der Waals surface area contributed by atoms with Crippen molar-refractivity contribution in [1.29, 1.82) is 0 Å². The molecular formula is C24H33NO4. The molecule has 0 saturated carbocycles. The Bertz CT molecular complexity index is 782. The minimum Gasteiger partial charge on any atom is -0.489 e. The van der Waals surface area contributed by atoms with Gasteiger partial charge in [0.2, 0.25) is 0 Å². The van der Waals surface area contributed by atoms with Crippen molar-refractivity contribution in [2.75, 3.05) is 34.0 Å². The molecule has 5 heteroatoms. The maximum atomic E-state index is 11.2. The van der Waals surface area contributed by atoms with Crippen LogP contribution in [0.3, 0.4) is 0 Å². The summed E-state index contributed by atoms with van der Waals surface area (Å²) in [6.45, 7) is 4.03. The van der Waals surface area contributed by atoms with Crippen LogP contribution in [-0.2, 0) is 14.3 Å². The van der Waals surface area contributed by atoms with Crippen molar-refractivity contribution in [2.24, 2.45) is 0 Å². The Balaban J connectivity index is 1.96. The fraction of sp³-hybridized carbons (Fsp3) is 0.458. The Morgan fingerprint density at radius 1 is 1.10 bits per heavy atom. The van der Waals surface area contributed by atoms with Crippen LogP contribution in [0.1, 0.15) is 32.6 Å². The molecule has 2 aromatic rings. The number of benzene rings is 2. The lowest BCUT2D eigenvalue weighted by atomic mass is 10.1. The molecule has 2 aromatic carbocycles. The van der Waals surface area contributed by atoms with Gasteiger partial charge in [0.25, 0.3) is 0 Å². The number of rotatable bonds is 13. The molecule has 0 aromatic heterocycles. The lowest BCUT2D eigenvalue weighted by molar-refractivity contribution is -0.140. The fourth-order valence-corrected chi connectivity index (χ4v) is 3.11. The van der Waals surface area contributed by atoms with Crippen molar-refractivity contribution < 1.29 is 19.0 Å². The summed E-state index contributed by atoms with van der Waals surface area (Å²) in [7, 11) is 3.14. The molecule has 1 unspecified atom stereocenters. The van der Waals surface area contributed by atoms with Gasteiger partial charge in [-0.25, -0.2) is 0 Å². The molecular weight excluding hydrogens is 366 g/mol. The van der Waals surface area contributed by atoms with Gasteiger partial charge >= 0.3 is 5.97 Å². The minimum atomic E-state index is -0.149. The highest BCUT2D eigenvalue weighted by atomic mass is 16.5. The first-order valence-electron chi connectivity index (χ1n) is 10.2. The Morgan fingerprint density at radius 2 is 1.90 bits per heavy atom. The van der Waals surface area contributed by atoms with Crippen LogP contribution in [-0.4, -0.2) is 46.0 Å². The predicted octanol–water partition coefficient (Wildman–Crippen LogP) is 4.50. The Labute approximate surface area is 174 Å². The summed E-state index contributed by atoms with van der Waals surface area (Å²) in [6.07, 6.45) is 5.37. The molecule has 0 spiro atoms. The van der Waals surface area contributed by atoms with E-state index >= 15 is 0 Å². The van der Waals surface area contributed by atoms with E-state index in [1.165, 1.54) is 18.1 Å². The van der Waals surface area contributed by atoms with Crippen LogP contribution in [0.2, 0.25) is 0 Å². The quantitative estimate of drug-likeness (QED) is 0.305. The highest BCUT2D eigenvalue weighted by molar-refractivity contribution is 5.88. The van der Waals surface area contributed by atoms with Crippen molar-refractivity contribution in [3.05, 3.63) is 54.1 Å². The molecule has 0 saturated heterocycles. The van der Waals surface area contributed by atoms with Gasteiger partial charge in [0.15, 0.2) is 0 Å². The van der Waals surface area contributed by atoms with Crippen LogP contribution in [0.4, 0.5) is 0 Å². The van der Waals surface area contributed by atoms with E-state index in [2.05, 4.69) is 36.5 Å². The van der Waals surface area contributed by atoms with Gasteiger partial charge < -0.3 is 19.5 Å². The second-order valence-electron chi connectivity index (χ2n) is 7.19. The van der Waals surface area contributed by atoms with Crippen LogP contribution in [0.15, 0.2) is 54.1 Å². The smallest absolute Gasteiger partial charge is 0.305 e. The summed E-state index contributed by atoms with van der Waals surface area (Å²) in [5, 5.41) is 5.77. The van der Waals surface area contributed by atoms with E-state index in [0.29, 0.717) is 19.6 Å². The maximum absolute atomic E-state index is 11.2. The van der Waals surface area contributed by atoms with Crippen LogP contribution < -0.4 is 10.1 Å². The zero-order valence-corrected chi connectivity index (χ0v) is 17.8. The van der Waals surface area contributed by atoms with Crippen LogP contribution in [0, 0.1) is 0 Å². The molecule has 2 rings (SSSR count). The average molecular weight is 400 g/mol. The number of esters is 1. The molecule has 0 radical (unpaired) electrons. The molecule has 0 fully saturated rings. The second kappa shape index (κ2) is 13.0. The first-order valence-corrected chi connectivity index (χ1v) is 10.2. The number of hydrogen-bond donors (Lipinski definition) is 1.